The van der Waals surface area contributed by atoms with Crippen LogP contribution in [0.15, 0.2) is 27.8 Å². The second-order valence-electron chi connectivity index (χ2n) is 6.07. The molecule has 1 aliphatic rings. The Morgan fingerprint density at radius 2 is 1.96 bits per heavy atom. The molecule has 0 aromatic carbocycles. The summed E-state index contributed by atoms with van der Waals surface area (Å²) in [5.41, 5.74) is 0. The van der Waals surface area contributed by atoms with E-state index < -0.39 is 0 Å². The number of nitrogens with zero attached hydrogens (tertiary/aromatic N) is 2. The predicted molar refractivity (Wildman–Crippen MR) is 114 cm³/mol. The van der Waals surface area contributed by atoms with Gasteiger partial charge in [0, 0.05) is 39.8 Å². The van der Waals surface area contributed by atoms with Crippen LogP contribution in [0.5, 0.6) is 0 Å². The highest BCUT2D eigenvalue weighted by molar-refractivity contribution is 14.0. The van der Waals surface area contributed by atoms with Crippen LogP contribution in [0.25, 0.3) is 0 Å². The summed E-state index contributed by atoms with van der Waals surface area (Å²) in [5, 5.41) is 6.67. The number of hydrogen-bond donors (Lipinski definition) is 2. The average Bonchev–Trinajstić information content (AvgIpc) is 3.17. The van der Waals surface area contributed by atoms with E-state index in [1.807, 2.05) is 12.1 Å². The summed E-state index contributed by atoms with van der Waals surface area (Å²) < 4.78 is 16.1. The van der Waals surface area contributed by atoms with Crippen molar-refractivity contribution < 1.29 is 13.9 Å². The Bertz CT molecular complexity index is 465. The van der Waals surface area contributed by atoms with Gasteiger partial charge in [-0.05, 0) is 37.9 Å². The van der Waals surface area contributed by atoms with Crippen molar-refractivity contribution in [2.24, 2.45) is 4.99 Å². The van der Waals surface area contributed by atoms with Crippen molar-refractivity contribution in [3.63, 3.8) is 0 Å². The Balaban J connectivity index is 0.00000338. The fourth-order valence-electron chi connectivity index (χ4n) is 2.66. The van der Waals surface area contributed by atoms with Gasteiger partial charge in [-0.2, -0.15) is 0 Å². The second-order valence-corrected chi connectivity index (χ2v) is 6.07. The van der Waals surface area contributed by atoms with Crippen LogP contribution in [-0.2, 0) is 16.1 Å². The smallest absolute Gasteiger partial charge is 0.190 e. The Kier molecular flexibility index (Phi) is 13.6. The average molecular weight is 480 g/mol. The topological polar surface area (TPSA) is 71.3 Å². The van der Waals surface area contributed by atoms with Crippen LogP contribution in [-0.4, -0.2) is 70.5 Å². The number of hydrogen-bond acceptors (Lipinski definition) is 5. The molecule has 150 valence electrons. The monoisotopic (exact) mass is 480 g/mol. The Morgan fingerprint density at radius 3 is 2.65 bits per heavy atom. The van der Waals surface area contributed by atoms with Crippen molar-refractivity contribution >= 4 is 29.9 Å². The van der Waals surface area contributed by atoms with E-state index in [9.17, 15) is 0 Å². The number of guanidine groups is 1. The number of nitrogens with one attached hydrogen (secondary N) is 2. The molecule has 2 N–H and O–H groups in total. The van der Waals surface area contributed by atoms with E-state index in [0.29, 0.717) is 13.2 Å². The van der Waals surface area contributed by atoms with Gasteiger partial charge in [-0.25, -0.2) is 0 Å². The molecule has 1 aliphatic heterocycles. The number of furan rings is 1. The predicted octanol–water partition coefficient (Wildman–Crippen LogP) is 2.08. The number of morpholine rings is 1. The Morgan fingerprint density at radius 1 is 1.19 bits per heavy atom. The van der Waals surface area contributed by atoms with Crippen LogP contribution in [0.2, 0.25) is 0 Å². The lowest BCUT2D eigenvalue weighted by Crippen LogP contribution is -2.39. The standard InChI is InChI=1S/C18H32N4O3.HI/c1-19-18(20-7-2-3-9-22-10-14-23-15-11-22)21-8-5-12-24-16-17-6-4-13-25-17;/h4,6,13H,2-3,5,7-12,14-16H2,1H3,(H2,19,20,21);1H. The molecule has 2 rings (SSSR count). The van der Waals surface area contributed by atoms with Gasteiger partial charge >= 0.3 is 0 Å². The molecular weight excluding hydrogens is 447 g/mol. The maximum Gasteiger partial charge on any atom is 0.190 e. The van der Waals surface area contributed by atoms with Gasteiger partial charge in [0.15, 0.2) is 5.96 Å². The van der Waals surface area contributed by atoms with E-state index in [-0.39, 0.29) is 24.0 Å². The van der Waals surface area contributed by atoms with Crippen molar-refractivity contribution in [2.75, 3.05) is 59.6 Å². The van der Waals surface area contributed by atoms with Gasteiger partial charge in [-0.3, -0.25) is 9.89 Å². The van der Waals surface area contributed by atoms with Gasteiger partial charge < -0.3 is 24.5 Å². The van der Waals surface area contributed by atoms with Crippen LogP contribution >= 0.6 is 24.0 Å². The van der Waals surface area contributed by atoms with Crippen molar-refractivity contribution in [3.8, 4) is 0 Å². The molecule has 0 saturated carbocycles. The van der Waals surface area contributed by atoms with Crippen LogP contribution in [0.1, 0.15) is 25.0 Å². The van der Waals surface area contributed by atoms with Gasteiger partial charge in [-0.1, -0.05) is 0 Å². The molecule has 1 saturated heterocycles. The number of halogens is 1. The van der Waals surface area contributed by atoms with E-state index in [0.717, 1.165) is 70.5 Å². The summed E-state index contributed by atoms with van der Waals surface area (Å²) in [7, 11) is 1.80. The van der Waals surface area contributed by atoms with Gasteiger partial charge in [0.2, 0.25) is 0 Å². The first kappa shape index (κ1) is 23.2. The highest BCUT2D eigenvalue weighted by Crippen LogP contribution is 2.02. The third-order valence-corrected chi connectivity index (χ3v) is 4.10. The second kappa shape index (κ2) is 15.2. The Hall–Kier alpha value is -0.840. The summed E-state index contributed by atoms with van der Waals surface area (Å²) in [6.07, 6.45) is 4.93. The first-order valence-electron chi connectivity index (χ1n) is 9.23. The van der Waals surface area contributed by atoms with E-state index in [1.165, 1.54) is 6.42 Å². The quantitative estimate of drug-likeness (QED) is 0.219. The molecule has 0 unspecified atom stereocenters. The maximum absolute atomic E-state index is 5.56. The zero-order valence-corrected chi connectivity index (χ0v) is 18.1. The third kappa shape index (κ3) is 10.3. The lowest BCUT2D eigenvalue weighted by Gasteiger charge is -2.26. The molecule has 0 radical (unpaired) electrons. The minimum Gasteiger partial charge on any atom is -0.467 e. The third-order valence-electron chi connectivity index (χ3n) is 4.10. The van der Waals surface area contributed by atoms with Crippen LogP contribution in [0, 0.1) is 0 Å². The van der Waals surface area contributed by atoms with E-state index >= 15 is 0 Å². The molecular formula is C18H33IN4O3. The first-order chi connectivity index (χ1) is 12.4. The molecule has 0 bridgehead atoms. The van der Waals surface area contributed by atoms with Gasteiger partial charge in [0.25, 0.3) is 0 Å². The lowest BCUT2D eigenvalue weighted by molar-refractivity contribution is 0.0372. The summed E-state index contributed by atoms with van der Waals surface area (Å²) >= 11 is 0. The highest BCUT2D eigenvalue weighted by atomic mass is 127. The zero-order chi connectivity index (χ0) is 17.6. The van der Waals surface area contributed by atoms with Crippen molar-refractivity contribution in [1.29, 1.82) is 0 Å². The molecule has 1 aromatic heterocycles. The minimum atomic E-state index is 0. The largest absolute Gasteiger partial charge is 0.467 e. The van der Waals surface area contributed by atoms with Gasteiger partial charge in [0.05, 0.1) is 19.5 Å². The number of unbranched alkanes of at least 4 members (excludes halogenated alkanes) is 1. The molecule has 0 spiro atoms. The van der Waals surface area contributed by atoms with Crippen LogP contribution in [0.3, 0.4) is 0 Å². The Labute approximate surface area is 173 Å². The fourth-order valence-corrected chi connectivity index (χ4v) is 2.66. The summed E-state index contributed by atoms with van der Waals surface area (Å²) in [4.78, 5) is 6.72. The molecule has 0 atom stereocenters. The normalized spacial score (nSPS) is 15.5. The number of aliphatic imine (C=N–C) groups is 1. The zero-order valence-electron chi connectivity index (χ0n) is 15.7. The minimum absolute atomic E-state index is 0. The molecule has 8 heteroatoms. The van der Waals surface area contributed by atoms with Crippen LogP contribution in [0.4, 0.5) is 0 Å². The summed E-state index contributed by atoms with van der Waals surface area (Å²) in [6.45, 7) is 8.05. The fraction of sp³-hybridized carbons (Fsp3) is 0.722. The molecule has 1 aromatic rings. The van der Waals surface area contributed by atoms with Crippen molar-refractivity contribution in [3.05, 3.63) is 24.2 Å². The highest BCUT2D eigenvalue weighted by Gasteiger charge is 2.09. The van der Waals surface area contributed by atoms with E-state index in [2.05, 4.69) is 20.5 Å². The van der Waals surface area contributed by atoms with E-state index in [4.69, 9.17) is 13.9 Å². The SMILES string of the molecule is CN=C(NCCCCN1CCOCC1)NCCCOCc1ccco1.I. The molecule has 0 aliphatic carbocycles. The molecule has 0 amide bonds. The van der Waals surface area contributed by atoms with Crippen molar-refractivity contribution in [2.45, 2.75) is 25.9 Å². The summed E-state index contributed by atoms with van der Waals surface area (Å²) in [5.74, 6) is 1.72. The molecule has 26 heavy (non-hydrogen) atoms. The van der Waals surface area contributed by atoms with Gasteiger partial charge in [-0.15, -0.1) is 24.0 Å². The first-order valence-corrected chi connectivity index (χ1v) is 9.23. The van der Waals surface area contributed by atoms with Crippen LogP contribution < -0.4 is 10.6 Å². The summed E-state index contributed by atoms with van der Waals surface area (Å²) in [6, 6.07) is 3.79. The number of rotatable bonds is 11. The lowest BCUT2D eigenvalue weighted by atomic mass is 10.3. The molecule has 2 heterocycles. The van der Waals surface area contributed by atoms with E-state index in [1.54, 1.807) is 13.3 Å². The van der Waals surface area contributed by atoms with Crippen molar-refractivity contribution in [1.82, 2.24) is 15.5 Å². The van der Waals surface area contributed by atoms with Gasteiger partial charge in [0.1, 0.15) is 12.4 Å². The number of ether oxygens (including phenoxy) is 2. The maximum atomic E-state index is 5.56. The molecule has 7 nitrogen and oxygen atoms in total. The molecule has 1 fully saturated rings.